The maximum Gasteiger partial charge on any atom is 0.282 e. The largest absolute Gasteiger partial charge is 0.372 e. The molecule has 0 atom stereocenters. The fourth-order valence-electron chi connectivity index (χ4n) is 3.81. The summed E-state index contributed by atoms with van der Waals surface area (Å²) in [5, 5.41) is 5.68. The van der Waals surface area contributed by atoms with E-state index in [4.69, 9.17) is 11.6 Å². The number of benzene rings is 2. The third kappa shape index (κ3) is 3.92. The van der Waals surface area contributed by atoms with E-state index in [-0.39, 0.29) is 17.5 Å². The molecule has 0 aliphatic carbocycles. The zero-order valence-corrected chi connectivity index (χ0v) is 19.8. The van der Waals surface area contributed by atoms with Crippen molar-refractivity contribution in [3.63, 3.8) is 0 Å². The van der Waals surface area contributed by atoms with Gasteiger partial charge in [0.1, 0.15) is 5.70 Å². The van der Waals surface area contributed by atoms with Crippen LogP contribution in [0.4, 0.5) is 17.1 Å². The number of rotatable bonds is 7. The molecule has 1 aromatic heterocycles. The SMILES string of the molecule is CCN(CC)c1ccc(N2C(=O)C(Nc3cccc(Cl)c3C)=C(c3cccs3)C2=O)cc1. The number of anilines is 3. The van der Waals surface area contributed by atoms with Gasteiger partial charge in [0.15, 0.2) is 0 Å². The number of hydrogen-bond donors (Lipinski definition) is 1. The van der Waals surface area contributed by atoms with E-state index in [2.05, 4.69) is 24.1 Å². The predicted molar refractivity (Wildman–Crippen MR) is 134 cm³/mol. The van der Waals surface area contributed by atoms with Crippen molar-refractivity contribution in [3.8, 4) is 0 Å². The van der Waals surface area contributed by atoms with Crippen molar-refractivity contribution in [2.75, 3.05) is 28.2 Å². The van der Waals surface area contributed by atoms with Gasteiger partial charge in [0.05, 0.1) is 11.3 Å². The molecule has 0 saturated carbocycles. The number of nitrogens with one attached hydrogen (secondary N) is 1. The Labute approximate surface area is 196 Å². The average Bonchev–Trinajstić information content (AvgIpc) is 3.40. The highest BCUT2D eigenvalue weighted by molar-refractivity contribution is 7.11. The smallest absolute Gasteiger partial charge is 0.282 e. The predicted octanol–water partition coefficient (Wildman–Crippen LogP) is 5.95. The van der Waals surface area contributed by atoms with Crippen LogP contribution >= 0.6 is 22.9 Å². The molecule has 2 aromatic carbocycles. The topological polar surface area (TPSA) is 52.6 Å². The number of halogens is 1. The van der Waals surface area contributed by atoms with E-state index in [1.807, 2.05) is 60.8 Å². The summed E-state index contributed by atoms with van der Waals surface area (Å²) in [4.78, 5) is 31.2. The van der Waals surface area contributed by atoms with Crippen LogP contribution in [-0.4, -0.2) is 24.9 Å². The zero-order chi connectivity index (χ0) is 22.8. The Morgan fingerprint density at radius 3 is 2.31 bits per heavy atom. The Morgan fingerprint density at radius 1 is 0.969 bits per heavy atom. The van der Waals surface area contributed by atoms with E-state index in [9.17, 15) is 9.59 Å². The fourth-order valence-corrected chi connectivity index (χ4v) is 4.75. The van der Waals surface area contributed by atoms with Gasteiger partial charge in [0.25, 0.3) is 11.8 Å². The first-order valence-electron chi connectivity index (χ1n) is 10.5. The molecule has 0 spiro atoms. The van der Waals surface area contributed by atoms with Crippen molar-refractivity contribution in [3.05, 3.63) is 81.1 Å². The van der Waals surface area contributed by atoms with Crippen LogP contribution in [0.25, 0.3) is 5.57 Å². The van der Waals surface area contributed by atoms with Crippen LogP contribution in [0.15, 0.2) is 65.7 Å². The second-order valence-electron chi connectivity index (χ2n) is 7.40. The molecule has 3 aromatic rings. The molecule has 2 heterocycles. The van der Waals surface area contributed by atoms with E-state index < -0.39 is 0 Å². The van der Waals surface area contributed by atoms with Crippen LogP contribution in [0.3, 0.4) is 0 Å². The van der Waals surface area contributed by atoms with Crippen LogP contribution in [-0.2, 0) is 9.59 Å². The van der Waals surface area contributed by atoms with Crippen LogP contribution in [0.2, 0.25) is 5.02 Å². The van der Waals surface area contributed by atoms with Gasteiger partial charge in [-0.3, -0.25) is 9.59 Å². The maximum absolute atomic E-state index is 13.5. The normalized spacial score (nSPS) is 13.8. The average molecular weight is 466 g/mol. The van der Waals surface area contributed by atoms with Gasteiger partial charge in [0, 0.05) is 34.4 Å². The minimum absolute atomic E-state index is 0.260. The minimum atomic E-state index is -0.381. The van der Waals surface area contributed by atoms with E-state index >= 15 is 0 Å². The van der Waals surface area contributed by atoms with E-state index in [0.29, 0.717) is 22.0 Å². The summed E-state index contributed by atoms with van der Waals surface area (Å²) in [5.74, 6) is -0.719. The summed E-state index contributed by atoms with van der Waals surface area (Å²) in [7, 11) is 0. The maximum atomic E-state index is 13.5. The lowest BCUT2D eigenvalue weighted by atomic mass is 10.1. The molecule has 0 unspecified atom stereocenters. The number of amides is 2. The van der Waals surface area contributed by atoms with E-state index in [1.165, 1.54) is 16.2 Å². The summed E-state index contributed by atoms with van der Waals surface area (Å²) < 4.78 is 0. The van der Waals surface area contributed by atoms with Gasteiger partial charge in [-0.25, -0.2) is 4.90 Å². The molecule has 7 heteroatoms. The lowest BCUT2D eigenvalue weighted by molar-refractivity contribution is -0.120. The highest BCUT2D eigenvalue weighted by atomic mass is 35.5. The summed E-state index contributed by atoms with van der Waals surface area (Å²) in [5.41, 5.74) is 3.74. The molecule has 4 rings (SSSR count). The van der Waals surface area contributed by atoms with Crippen molar-refractivity contribution in [2.24, 2.45) is 0 Å². The third-order valence-electron chi connectivity index (χ3n) is 5.62. The van der Waals surface area contributed by atoms with E-state index in [1.54, 1.807) is 6.07 Å². The first kappa shape index (κ1) is 22.1. The number of carbonyl (C=O) groups excluding carboxylic acids is 2. The van der Waals surface area contributed by atoms with Crippen molar-refractivity contribution >= 4 is 57.4 Å². The molecule has 1 N–H and O–H groups in total. The monoisotopic (exact) mass is 465 g/mol. The Kier molecular flexibility index (Phi) is 6.35. The van der Waals surface area contributed by atoms with Gasteiger partial charge < -0.3 is 10.2 Å². The first-order chi connectivity index (χ1) is 15.5. The molecule has 164 valence electrons. The van der Waals surface area contributed by atoms with Gasteiger partial charge >= 0.3 is 0 Å². The molecular formula is C25H24ClN3O2S. The van der Waals surface area contributed by atoms with Crippen molar-refractivity contribution in [1.29, 1.82) is 0 Å². The number of thiophene rings is 1. The summed E-state index contributed by atoms with van der Waals surface area (Å²) >= 11 is 7.70. The molecule has 0 saturated heterocycles. The van der Waals surface area contributed by atoms with Gasteiger partial charge in [-0.2, -0.15) is 0 Å². The lowest BCUT2D eigenvalue weighted by Crippen LogP contribution is -2.32. The number of hydrogen-bond acceptors (Lipinski definition) is 5. The van der Waals surface area contributed by atoms with Gasteiger partial charge in [-0.15, -0.1) is 11.3 Å². The molecule has 0 radical (unpaired) electrons. The Balaban J connectivity index is 1.74. The molecule has 5 nitrogen and oxygen atoms in total. The lowest BCUT2D eigenvalue weighted by Gasteiger charge is -2.22. The van der Waals surface area contributed by atoms with Crippen molar-refractivity contribution in [2.45, 2.75) is 20.8 Å². The van der Waals surface area contributed by atoms with Crippen LogP contribution in [0.1, 0.15) is 24.3 Å². The number of imide groups is 1. The summed E-state index contributed by atoms with van der Waals surface area (Å²) in [6, 6.07) is 16.7. The van der Waals surface area contributed by atoms with Crippen molar-refractivity contribution in [1.82, 2.24) is 0 Å². The highest BCUT2D eigenvalue weighted by Crippen LogP contribution is 2.37. The van der Waals surface area contributed by atoms with Crippen LogP contribution in [0.5, 0.6) is 0 Å². The molecule has 0 fully saturated rings. The van der Waals surface area contributed by atoms with Crippen molar-refractivity contribution < 1.29 is 9.59 Å². The number of nitrogens with zero attached hydrogens (tertiary/aromatic N) is 2. The number of carbonyl (C=O) groups is 2. The molecule has 0 bridgehead atoms. The quantitative estimate of drug-likeness (QED) is 0.438. The van der Waals surface area contributed by atoms with Gasteiger partial charge in [-0.1, -0.05) is 23.7 Å². The van der Waals surface area contributed by atoms with Crippen LogP contribution in [0, 0.1) is 6.92 Å². The van der Waals surface area contributed by atoms with Gasteiger partial charge in [-0.05, 0) is 74.2 Å². The molecule has 1 aliphatic heterocycles. The van der Waals surface area contributed by atoms with Gasteiger partial charge in [0.2, 0.25) is 0 Å². The second kappa shape index (κ2) is 9.18. The Morgan fingerprint density at radius 2 is 1.69 bits per heavy atom. The second-order valence-corrected chi connectivity index (χ2v) is 8.75. The van der Waals surface area contributed by atoms with E-state index in [0.717, 1.165) is 29.2 Å². The first-order valence-corrected chi connectivity index (χ1v) is 11.8. The molecule has 32 heavy (non-hydrogen) atoms. The molecular weight excluding hydrogens is 442 g/mol. The molecule has 1 aliphatic rings. The standard InChI is InChI=1S/C25H24ClN3O2S/c1-4-28(5-2)17-11-13-18(14-12-17)29-24(30)22(21-10-7-15-32-21)23(25(29)31)27-20-9-6-8-19(26)16(20)3/h6-15,27H,4-5H2,1-3H3. The third-order valence-corrected chi connectivity index (χ3v) is 6.91. The highest BCUT2D eigenvalue weighted by Gasteiger charge is 2.40. The fraction of sp³-hybridized carbons (Fsp3) is 0.200. The minimum Gasteiger partial charge on any atom is -0.372 e. The molecule has 2 amide bonds. The summed E-state index contributed by atoms with van der Waals surface area (Å²) in [6.07, 6.45) is 0. The Bertz CT molecular complexity index is 1180. The van der Waals surface area contributed by atoms with Crippen LogP contribution < -0.4 is 15.1 Å². The Hall–Kier alpha value is -3.09. The summed E-state index contributed by atoms with van der Waals surface area (Å²) in [6.45, 7) is 7.83. The zero-order valence-electron chi connectivity index (χ0n) is 18.2.